The number of ether oxygens (including phenoxy) is 2. The van der Waals surface area contributed by atoms with E-state index in [-0.39, 0.29) is 95.5 Å². The summed E-state index contributed by atoms with van der Waals surface area (Å²) in [6.45, 7) is 6.98. The molecule has 3 fully saturated rings. The van der Waals surface area contributed by atoms with Crippen molar-refractivity contribution in [3.05, 3.63) is 117 Å². The van der Waals surface area contributed by atoms with Crippen LogP contribution in [0.1, 0.15) is 101 Å². The van der Waals surface area contributed by atoms with E-state index in [1.165, 1.54) is 42.5 Å². The van der Waals surface area contributed by atoms with Crippen LogP contribution in [0.25, 0.3) is 0 Å². The number of imide groups is 1. The Bertz CT molecular complexity index is 2880. The zero-order valence-corrected chi connectivity index (χ0v) is 39.4. The summed E-state index contributed by atoms with van der Waals surface area (Å²) in [7, 11) is 1.39. The molecule has 5 amide bonds. The van der Waals surface area contributed by atoms with Crippen molar-refractivity contribution in [1.82, 2.24) is 25.4 Å². The lowest BCUT2D eigenvalue weighted by Crippen LogP contribution is -2.52. The Hall–Kier alpha value is -6.55. The van der Waals surface area contributed by atoms with E-state index >= 15 is 4.39 Å². The predicted octanol–water partition coefficient (Wildman–Crippen LogP) is 6.81. The van der Waals surface area contributed by atoms with Crippen molar-refractivity contribution in [2.24, 2.45) is 5.41 Å². The van der Waals surface area contributed by atoms with E-state index in [2.05, 4.69) is 38.1 Å². The number of piperidine rings is 1. The monoisotopic (exact) mass is 983 g/mol. The summed E-state index contributed by atoms with van der Waals surface area (Å²) in [5.74, 6) is 2.66. The lowest BCUT2D eigenvalue weighted by atomic mass is 9.63. The third kappa shape index (κ3) is 9.06. The highest BCUT2D eigenvalue weighted by Crippen LogP contribution is 2.57. The van der Waals surface area contributed by atoms with Crippen LogP contribution in [0.15, 0.2) is 66.9 Å². The first-order chi connectivity index (χ1) is 33.3. The summed E-state index contributed by atoms with van der Waals surface area (Å²) in [4.78, 5) is 73.3. The zero-order valence-electron chi connectivity index (χ0n) is 38.7. The first-order valence-corrected chi connectivity index (χ1v) is 23.3. The van der Waals surface area contributed by atoms with E-state index < -0.39 is 65.1 Å². The van der Waals surface area contributed by atoms with Gasteiger partial charge >= 0.3 is 6.18 Å². The topological polar surface area (TPSA) is 171 Å². The smallest absolute Gasteiger partial charge is 0.433 e. The lowest BCUT2D eigenvalue weighted by molar-refractivity contribution is -0.141. The van der Waals surface area contributed by atoms with Gasteiger partial charge in [-0.2, -0.15) is 13.2 Å². The largest absolute Gasteiger partial charge is 0.495 e. The lowest BCUT2D eigenvalue weighted by Gasteiger charge is -2.39. The van der Waals surface area contributed by atoms with Gasteiger partial charge in [0.15, 0.2) is 0 Å². The van der Waals surface area contributed by atoms with Crippen LogP contribution in [-0.4, -0.2) is 102 Å². The van der Waals surface area contributed by atoms with Crippen molar-refractivity contribution in [3.63, 3.8) is 0 Å². The van der Waals surface area contributed by atoms with Gasteiger partial charge in [-0.3, -0.25) is 34.3 Å². The Morgan fingerprint density at radius 3 is 2.57 bits per heavy atom. The molecule has 0 bridgehead atoms. The molecule has 6 heterocycles. The maximum atomic E-state index is 16.3. The predicted molar refractivity (Wildman–Crippen MR) is 250 cm³/mol. The summed E-state index contributed by atoms with van der Waals surface area (Å²) in [5, 5.41) is 11.7. The Morgan fingerprint density at radius 1 is 1.04 bits per heavy atom. The first-order valence-electron chi connectivity index (χ1n) is 23.0. The van der Waals surface area contributed by atoms with Gasteiger partial charge in [0.2, 0.25) is 17.7 Å². The summed E-state index contributed by atoms with van der Waals surface area (Å²) in [6, 6.07) is 12.8. The number of nitrogens with zero attached hydrogens (tertiary/aromatic N) is 3. The van der Waals surface area contributed by atoms with Crippen molar-refractivity contribution in [2.45, 2.75) is 94.7 Å². The molecule has 70 heavy (non-hydrogen) atoms. The van der Waals surface area contributed by atoms with Gasteiger partial charge in [0.05, 0.1) is 30.5 Å². The van der Waals surface area contributed by atoms with E-state index in [1.54, 1.807) is 35.2 Å². The van der Waals surface area contributed by atoms with Crippen molar-refractivity contribution >= 4 is 52.5 Å². The second-order valence-corrected chi connectivity index (χ2v) is 19.8. The summed E-state index contributed by atoms with van der Waals surface area (Å²) < 4.78 is 69.8. The molecule has 3 saturated heterocycles. The molecule has 366 valence electrons. The van der Waals surface area contributed by atoms with E-state index in [1.807, 2.05) is 20.8 Å². The molecule has 5 aliphatic rings. The molecule has 0 saturated carbocycles. The number of nitrogens with one attached hydrogen (secondary N) is 4. The van der Waals surface area contributed by atoms with Crippen molar-refractivity contribution in [2.75, 3.05) is 44.0 Å². The normalized spacial score (nSPS) is 24.3. The number of fused-ring (bicyclic) bond motifs is 3. The fraction of sp³-hybridized carbons (Fsp3) is 0.412. The molecule has 4 aromatic rings. The average Bonchev–Trinajstić information content (AvgIpc) is 3.89. The van der Waals surface area contributed by atoms with Crippen LogP contribution in [-0.2, 0) is 37.3 Å². The van der Waals surface area contributed by atoms with Gasteiger partial charge in [0, 0.05) is 90.5 Å². The van der Waals surface area contributed by atoms with Gasteiger partial charge in [-0.15, -0.1) is 0 Å². The number of hydrogen-bond donors (Lipinski definition) is 4. The van der Waals surface area contributed by atoms with E-state index in [9.17, 15) is 37.1 Å². The van der Waals surface area contributed by atoms with Crippen LogP contribution in [0.2, 0.25) is 5.02 Å². The number of carbonyl (C=O) groups excluding carboxylic acids is 5. The minimum absolute atomic E-state index is 0.0679. The van der Waals surface area contributed by atoms with Crippen LogP contribution < -0.4 is 26.0 Å². The van der Waals surface area contributed by atoms with Gasteiger partial charge in [-0.1, -0.05) is 62.4 Å². The zero-order chi connectivity index (χ0) is 49.9. The van der Waals surface area contributed by atoms with Gasteiger partial charge in [0.1, 0.15) is 29.4 Å². The Morgan fingerprint density at radius 2 is 1.83 bits per heavy atom. The Kier molecular flexibility index (Phi) is 12.9. The molecule has 9 rings (SSSR count). The van der Waals surface area contributed by atoms with Crippen LogP contribution in [0.3, 0.4) is 0 Å². The number of rotatable bonds is 7. The summed E-state index contributed by atoms with van der Waals surface area (Å²) in [5.41, 5.74) is 0.327. The number of aromatic nitrogens is 1. The molecule has 1 aromatic heterocycles. The standard InChI is InChI=1S/C51H50ClF4N7O7/c1-49(2,3)23-40-50(26-58-36-22-39(51(54,55)56)57-24-33(36)50)42(31-9-6-10-34(52)43(31)53)44(60-40)46(66)59-35-14-12-28(21-38(35)69-4)47(67)62-18-17-29(70-20-19-62)13-11-27-7-5-8-30-32(27)25-63(48(30)68)37-15-16-41(64)61-45(37)65/h5-10,12,14,21-22,24,29,37,40,42,44,58,60H,15-20,23,25-26H2,1-4H3,(H,59,66)(H,61,64,65)/t29-,37-,40-,42-,44+,50-/m0/s1. The molecule has 0 unspecified atom stereocenters. The molecule has 6 atom stereocenters. The van der Waals surface area contributed by atoms with Gasteiger partial charge < -0.3 is 35.2 Å². The van der Waals surface area contributed by atoms with Crippen molar-refractivity contribution in [3.8, 4) is 17.6 Å². The summed E-state index contributed by atoms with van der Waals surface area (Å²) in [6.07, 6.45) is -2.87. The number of alkyl halides is 3. The molecule has 19 heteroatoms. The average molecular weight is 984 g/mol. The second kappa shape index (κ2) is 18.6. The fourth-order valence-corrected chi connectivity index (χ4v) is 10.8. The molecule has 5 aliphatic heterocycles. The first kappa shape index (κ1) is 48.5. The van der Waals surface area contributed by atoms with Crippen molar-refractivity contribution < 1.29 is 51.0 Å². The highest BCUT2D eigenvalue weighted by molar-refractivity contribution is 6.30. The van der Waals surface area contributed by atoms with E-state index in [0.717, 1.165) is 6.07 Å². The number of pyridine rings is 1. The Balaban J connectivity index is 0.925. The maximum absolute atomic E-state index is 16.3. The van der Waals surface area contributed by atoms with Gasteiger partial charge in [-0.25, -0.2) is 4.39 Å². The number of anilines is 2. The van der Waals surface area contributed by atoms with Gasteiger partial charge in [-0.05, 0) is 71.8 Å². The molecular weight excluding hydrogens is 934 g/mol. The van der Waals surface area contributed by atoms with Crippen LogP contribution in [0, 0.1) is 23.1 Å². The minimum Gasteiger partial charge on any atom is -0.495 e. The number of amides is 5. The molecule has 1 spiro atoms. The van der Waals surface area contributed by atoms with Crippen LogP contribution in [0.5, 0.6) is 5.75 Å². The number of carbonyl (C=O) groups is 5. The number of benzene rings is 3. The minimum atomic E-state index is -4.71. The van der Waals surface area contributed by atoms with Crippen LogP contribution in [0.4, 0.5) is 28.9 Å². The number of halogens is 5. The second-order valence-electron chi connectivity index (χ2n) is 19.4. The molecule has 3 aromatic carbocycles. The SMILES string of the molecule is COc1cc(C(=O)N2CCO[C@@H](C#Cc3cccc4c3CN([C@H]3CCC(=O)NC3=O)C4=O)CC2)ccc1NC(=O)[C@@H]1N[C@@H](CC(C)(C)C)[C@@]2(CNc3cc(C(F)(F)F)ncc32)[C@H]1c1cccc(Cl)c1F. The third-order valence-electron chi connectivity index (χ3n) is 13.9. The number of hydrogen-bond acceptors (Lipinski definition) is 10. The maximum Gasteiger partial charge on any atom is 0.433 e. The Labute approximate surface area is 406 Å². The van der Waals surface area contributed by atoms with E-state index in [4.69, 9.17) is 21.1 Å². The van der Waals surface area contributed by atoms with E-state index in [0.29, 0.717) is 41.6 Å². The molecular formula is C51H50ClF4N7O7. The summed E-state index contributed by atoms with van der Waals surface area (Å²) >= 11 is 6.36. The third-order valence-corrected chi connectivity index (χ3v) is 14.2. The quantitative estimate of drug-likeness (QED) is 0.0877. The van der Waals surface area contributed by atoms with Crippen LogP contribution >= 0.6 is 11.6 Å². The van der Waals surface area contributed by atoms with Crippen molar-refractivity contribution in [1.29, 1.82) is 0 Å². The highest BCUT2D eigenvalue weighted by Gasteiger charge is 2.62. The number of methoxy groups -OCH3 is 1. The van der Waals surface area contributed by atoms with Gasteiger partial charge in [0.25, 0.3) is 11.8 Å². The molecule has 14 nitrogen and oxygen atoms in total. The highest BCUT2D eigenvalue weighted by atomic mass is 35.5. The fourth-order valence-electron chi connectivity index (χ4n) is 10.6. The molecule has 4 N–H and O–H groups in total. The molecule has 0 aliphatic carbocycles. The molecule has 0 radical (unpaired) electrons.